The number of halogens is 1. The number of ether oxygens (including phenoxy) is 1. The molecular formula is C11H13ClN2O2. The summed E-state index contributed by atoms with van der Waals surface area (Å²) in [7, 11) is 1.55. The van der Waals surface area contributed by atoms with Crippen LogP contribution in [-0.4, -0.2) is 12.1 Å². The number of nitrogens with two attached hydrogens (primary N) is 1. The number of nitrogens with one attached hydrogen (secondary N) is 1. The number of aromatic amines is 1. The molecule has 3 N–H and O–H groups in total. The van der Waals surface area contributed by atoms with Crippen LogP contribution in [0.25, 0.3) is 10.9 Å². The largest absolute Gasteiger partial charge is 0.494 e. The summed E-state index contributed by atoms with van der Waals surface area (Å²) in [5, 5.41) is 0.909. The van der Waals surface area contributed by atoms with E-state index < -0.39 is 0 Å². The lowest BCUT2D eigenvalue weighted by molar-refractivity contribution is 0.419. The van der Waals surface area contributed by atoms with Crippen LogP contribution in [0.3, 0.4) is 0 Å². The molecule has 1 aromatic carbocycles. The Labute approximate surface area is 98.8 Å². The normalized spacial score (nSPS) is 9.88. The average Bonchev–Trinajstić information content (AvgIpc) is 2.18. The van der Waals surface area contributed by atoms with Gasteiger partial charge in [0.25, 0.3) is 0 Å². The first-order chi connectivity index (χ1) is 7.11. The summed E-state index contributed by atoms with van der Waals surface area (Å²) in [5.41, 5.74) is 7.80. The first-order valence-corrected chi connectivity index (χ1v) is 4.59. The minimum Gasteiger partial charge on any atom is -0.494 e. The van der Waals surface area contributed by atoms with Crippen molar-refractivity contribution in [3.8, 4) is 5.75 Å². The van der Waals surface area contributed by atoms with E-state index in [4.69, 9.17) is 10.5 Å². The molecule has 4 nitrogen and oxygen atoms in total. The topological polar surface area (TPSA) is 68.1 Å². The molecule has 0 aliphatic heterocycles. The minimum absolute atomic E-state index is 0. The Hall–Kier alpha value is -1.68. The fourth-order valence-corrected chi connectivity index (χ4v) is 1.67. The number of aryl methyl sites for hydroxylation is 1. The SMILES string of the molecule is COc1cc(N)cc2c(C)cc(=O)[nH]c12.Cl. The van der Waals surface area contributed by atoms with E-state index in [1.165, 1.54) is 0 Å². The lowest BCUT2D eigenvalue weighted by Crippen LogP contribution is -2.06. The summed E-state index contributed by atoms with van der Waals surface area (Å²) in [4.78, 5) is 14.1. The fraction of sp³-hybridized carbons (Fsp3) is 0.182. The van der Waals surface area contributed by atoms with Crippen molar-refractivity contribution in [2.45, 2.75) is 6.92 Å². The number of fused-ring (bicyclic) bond motifs is 1. The van der Waals surface area contributed by atoms with Gasteiger partial charge in [0, 0.05) is 23.2 Å². The monoisotopic (exact) mass is 240 g/mol. The Kier molecular flexibility index (Phi) is 3.44. The van der Waals surface area contributed by atoms with Gasteiger partial charge < -0.3 is 15.5 Å². The lowest BCUT2D eigenvalue weighted by Gasteiger charge is -2.08. The van der Waals surface area contributed by atoms with Gasteiger partial charge in [-0.05, 0) is 18.6 Å². The number of H-pyrrole nitrogens is 1. The van der Waals surface area contributed by atoms with Crippen molar-refractivity contribution in [1.29, 1.82) is 0 Å². The van der Waals surface area contributed by atoms with E-state index >= 15 is 0 Å². The number of aromatic nitrogens is 1. The number of pyridine rings is 1. The van der Waals surface area contributed by atoms with Gasteiger partial charge in [0.1, 0.15) is 5.75 Å². The zero-order valence-corrected chi connectivity index (χ0v) is 9.85. The molecule has 2 rings (SSSR count). The van der Waals surface area contributed by atoms with Crippen LogP contribution in [0.1, 0.15) is 5.56 Å². The van der Waals surface area contributed by atoms with Gasteiger partial charge in [-0.2, -0.15) is 0 Å². The van der Waals surface area contributed by atoms with Gasteiger partial charge in [-0.25, -0.2) is 0 Å². The highest BCUT2D eigenvalue weighted by Gasteiger charge is 2.06. The summed E-state index contributed by atoms with van der Waals surface area (Å²) in [6, 6.07) is 5.06. The molecule has 0 spiro atoms. The van der Waals surface area contributed by atoms with Crippen LogP contribution < -0.4 is 16.0 Å². The molecule has 16 heavy (non-hydrogen) atoms. The number of methoxy groups -OCH3 is 1. The maximum Gasteiger partial charge on any atom is 0.248 e. The second-order valence-corrected chi connectivity index (χ2v) is 3.46. The first kappa shape index (κ1) is 12.4. The number of hydrogen-bond acceptors (Lipinski definition) is 3. The van der Waals surface area contributed by atoms with Crippen LogP contribution >= 0.6 is 12.4 Å². The van der Waals surface area contributed by atoms with Crippen LogP contribution in [0.2, 0.25) is 0 Å². The van der Waals surface area contributed by atoms with E-state index in [0.29, 0.717) is 17.0 Å². The third-order valence-corrected chi connectivity index (χ3v) is 2.37. The number of rotatable bonds is 1. The van der Waals surface area contributed by atoms with E-state index in [9.17, 15) is 4.79 Å². The summed E-state index contributed by atoms with van der Waals surface area (Å²) < 4.78 is 5.17. The second-order valence-electron chi connectivity index (χ2n) is 3.46. The Bertz CT molecular complexity index is 578. The van der Waals surface area contributed by atoms with E-state index in [1.54, 1.807) is 19.2 Å². The van der Waals surface area contributed by atoms with Crippen molar-refractivity contribution in [2.24, 2.45) is 0 Å². The maximum atomic E-state index is 11.3. The van der Waals surface area contributed by atoms with Gasteiger partial charge in [0.05, 0.1) is 12.6 Å². The van der Waals surface area contributed by atoms with Crippen molar-refractivity contribution in [3.63, 3.8) is 0 Å². The molecule has 0 saturated heterocycles. The molecular weight excluding hydrogens is 228 g/mol. The molecule has 1 heterocycles. The predicted molar refractivity (Wildman–Crippen MR) is 67.5 cm³/mol. The standard InChI is InChI=1S/C11H12N2O2.ClH/c1-6-3-10(14)13-11-8(6)4-7(12)5-9(11)15-2;/h3-5H,12H2,1-2H3,(H,13,14);1H. The highest BCUT2D eigenvalue weighted by Crippen LogP contribution is 2.27. The molecule has 0 amide bonds. The van der Waals surface area contributed by atoms with Crippen molar-refractivity contribution in [1.82, 2.24) is 4.98 Å². The molecule has 0 atom stereocenters. The van der Waals surface area contributed by atoms with Gasteiger partial charge in [0.2, 0.25) is 5.56 Å². The Morgan fingerprint density at radius 3 is 2.62 bits per heavy atom. The molecule has 0 unspecified atom stereocenters. The van der Waals surface area contributed by atoms with Crippen LogP contribution in [0.15, 0.2) is 23.0 Å². The molecule has 0 bridgehead atoms. The summed E-state index contributed by atoms with van der Waals surface area (Å²) in [6.07, 6.45) is 0. The summed E-state index contributed by atoms with van der Waals surface area (Å²) >= 11 is 0. The summed E-state index contributed by atoms with van der Waals surface area (Å²) in [6.45, 7) is 1.87. The van der Waals surface area contributed by atoms with Crippen molar-refractivity contribution in [3.05, 3.63) is 34.1 Å². The first-order valence-electron chi connectivity index (χ1n) is 4.59. The van der Waals surface area contributed by atoms with Crippen molar-refractivity contribution in [2.75, 3.05) is 12.8 Å². The molecule has 0 radical (unpaired) electrons. The highest BCUT2D eigenvalue weighted by atomic mass is 35.5. The van der Waals surface area contributed by atoms with Gasteiger partial charge in [0.15, 0.2) is 0 Å². The molecule has 0 aliphatic rings. The van der Waals surface area contributed by atoms with Gasteiger partial charge in [-0.15, -0.1) is 12.4 Å². The van der Waals surface area contributed by atoms with Gasteiger partial charge >= 0.3 is 0 Å². The molecule has 1 aromatic heterocycles. The average molecular weight is 241 g/mol. The van der Waals surface area contributed by atoms with Gasteiger partial charge in [-0.3, -0.25) is 4.79 Å². The smallest absolute Gasteiger partial charge is 0.248 e. The molecule has 2 aromatic rings. The molecule has 0 saturated carbocycles. The van der Waals surface area contributed by atoms with Gasteiger partial charge in [-0.1, -0.05) is 0 Å². The fourth-order valence-electron chi connectivity index (χ4n) is 1.67. The van der Waals surface area contributed by atoms with E-state index in [-0.39, 0.29) is 18.0 Å². The van der Waals surface area contributed by atoms with Crippen LogP contribution in [0.4, 0.5) is 5.69 Å². The Morgan fingerprint density at radius 2 is 2.00 bits per heavy atom. The number of nitrogen functional groups attached to an aromatic ring is 1. The number of anilines is 1. The maximum absolute atomic E-state index is 11.3. The number of benzene rings is 1. The quantitative estimate of drug-likeness (QED) is 0.748. The molecule has 5 heteroatoms. The second kappa shape index (κ2) is 4.45. The predicted octanol–water partition coefficient (Wildman–Crippen LogP) is 1.85. The van der Waals surface area contributed by atoms with Crippen molar-refractivity contribution < 1.29 is 4.74 Å². The lowest BCUT2D eigenvalue weighted by atomic mass is 10.1. The van der Waals surface area contributed by atoms with E-state index in [0.717, 1.165) is 10.9 Å². The van der Waals surface area contributed by atoms with Crippen LogP contribution in [0.5, 0.6) is 5.75 Å². The molecule has 0 aliphatic carbocycles. The number of hydrogen-bond donors (Lipinski definition) is 2. The third kappa shape index (κ3) is 1.97. The zero-order valence-electron chi connectivity index (χ0n) is 9.03. The minimum atomic E-state index is -0.136. The zero-order chi connectivity index (χ0) is 11.0. The van der Waals surface area contributed by atoms with Crippen molar-refractivity contribution >= 4 is 29.0 Å². The van der Waals surface area contributed by atoms with E-state index in [1.807, 2.05) is 13.0 Å². The van der Waals surface area contributed by atoms with Crippen LogP contribution in [-0.2, 0) is 0 Å². The Balaban J connectivity index is 0.00000128. The Morgan fingerprint density at radius 1 is 1.31 bits per heavy atom. The summed E-state index contributed by atoms with van der Waals surface area (Å²) in [5.74, 6) is 0.589. The van der Waals surface area contributed by atoms with Crippen LogP contribution in [0, 0.1) is 6.92 Å². The van der Waals surface area contributed by atoms with E-state index in [2.05, 4.69) is 4.98 Å². The third-order valence-electron chi connectivity index (χ3n) is 2.37. The molecule has 0 fully saturated rings. The highest BCUT2D eigenvalue weighted by molar-refractivity contribution is 5.90. The molecule has 86 valence electrons.